The van der Waals surface area contributed by atoms with Gasteiger partial charge in [-0.05, 0) is 40.8 Å². The number of aromatic nitrogens is 3. The van der Waals surface area contributed by atoms with Gasteiger partial charge in [0.05, 0.1) is 5.38 Å². The van der Waals surface area contributed by atoms with Crippen LogP contribution in [0.2, 0.25) is 0 Å². The second-order valence-electron chi connectivity index (χ2n) is 6.08. The van der Waals surface area contributed by atoms with E-state index in [1.165, 1.54) is 0 Å². The number of nitrogens with zero attached hydrogens (tertiary/aromatic N) is 3. The largest absolute Gasteiger partial charge is 0.385 e. The van der Waals surface area contributed by atoms with Crippen LogP contribution in [0.25, 0.3) is 11.2 Å². The Labute approximate surface area is 139 Å². The van der Waals surface area contributed by atoms with E-state index in [2.05, 4.69) is 44.3 Å². The molecule has 6 heteroatoms. The quantitative estimate of drug-likeness (QED) is 0.696. The van der Waals surface area contributed by atoms with Gasteiger partial charge in [-0.15, -0.1) is 11.6 Å². The van der Waals surface area contributed by atoms with E-state index in [9.17, 15) is 0 Å². The number of methoxy groups -OCH3 is 1. The molecule has 2 aromatic heterocycles. The van der Waals surface area contributed by atoms with Gasteiger partial charge in [0.2, 0.25) is 0 Å². The molecule has 0 aliphatic rings. The maximum absolute atomic E-state index is 6.31. The Bertz CT molecular complexity index is 625. The highest BCUT2D eigenvalue weighted by Crippen LogP contribution is 2.30. The number of halogens is 2. The van der Waals surface area contributed by atoms with E-state index in [-0.39, 0.29) is 10.8 Å². The van der Waals surface area contributed by atoms with Crippen molar-refractivity contribution >= 4 is 38.7 Å². The third-order valence-corrected chi connectivity index (χ3v) is 4.13. The molecule has 2 rings (SSSR count). The van der Waals surface area contributed by atoms with Gasteiger partial charge in [0.1, 0.15) is 11.3 Å². The van der Waals surface area contributed by atoms with Crippen molar-refractivity contribution in [2.45, 2.75) is 39.1 Å². The van der Waals surface area contributed by atoms with Crippen LogP contribution in [-0.2, 0) is 11.3 Å². The van der Waals surface area contributed by atoms with E-state index in [1.54, 1.807) is 13.3 Å². The molecular weight excluding hydrogens is 354 g/mol. The fourth-order valence-electron chi connectivity index (χ4n) is 2.35. The van der Waals surface area contributed by atoms with Crippen LogP contribution in [0.1, 0.15) is 38.4 Å². The molecule has 0 spiro atoms. The van der Waals surface area contributed by atoms with Crippen LogP contribution in [0.15, 0.2) is 16.7 Å². The first-order valence-corrected chi connectivity index (χ1v) is 8.22. The molecule has 0 saturated carbocycles. The Balaban J connectivity index is 2.43. The summed E-state index contributed by atoms with van der Waals surface area (Å²) in [5.41, 5.74) is 1.83. The number of fused-ring (bicyclic) bond motifs is 1. The van der Waals surface area contributed by atoms with E-state index in [0.717, 1.165) is 41.0 Å². The lowest BCUT2D eigenvalue weighted by molar-refractivity contribution is 0.142. The van der Waals surface area contributed by atoms with E-state index in [0.29, 0.717) is 0 Å². The monoisotopic (exact) mass is 373 g/mol. The zero-order valence-corrected chi connectivity index (χ0v) is 15.2. The number of imidazole rings is 1. The lowest BCUT2D eigenvalue weighted by Crippen LogP contribution is -2.23. The molecule has 0 aromatic carbocycles. The number of ether oxygens (including phenoxy) is 1. The summed E-state index contributed by atoms with van der Waals surface area (Å²) in [6, 6.07) is 1.98. The van der Waals surface area contributed by atoms with Crippen LogP contribution in [0.5, 0.6) is 0 Å². The number of pyridine rings is 1. The predicted molar refractivity (Wildman–Crippen MR) is 89.8 cm³/mol. The van der Waals surface area contributed by atoms with E-state index in [1.807, 2.05) is 13.0 Å². The summed E-state index contributed by atoms with van der Waals surface area (Å²) in [4.78, 5) is 9.16. The molecule has 1 unspecified atom stereocenters. The van der Waals surface area contributed by atoms with Crippen molar-refractivity contribution in [2.24, 2.45) is 5.41 Å². The molecule has 2 aromatic rings. The van der Waals surface area contributed by atoms with Crippen molar-refractivity contribution in [2.75, 3.05) is 13.7 Å². The summed E-state index contributed by atoms with van der Waals surface area (Å²) in [6.45, 7) is 7.94. The van der Waals surface area contributed by atoms with Gasteiger partial charge < -0.3 is 9.30 Å². The molecule has 0 aliphatic carbocycles. The summed E-state index contributed by atoms with van der Waals surface area (Å²) in [6.07, 6.45) is 2.77. The molecule has 116 valence electrons. The molecule has 21 heavy (non-hydrogen) atoms. The first-order chi connectivity index (χ1) is 9.84. The van der Waals surface area contributed by atoms with Crippen LogP contribution >= 0.6 is 27.5 Å². The van der Waals surface area contributed by atoms with Crippen molar-refractivity contribution in [1.29, 1.82) is 0 Å². The van der Waals surface area contributed by atoms with Gasteiger partial charge in [-0.25, -0.2) is 9.97 Å². The minimum absolute atomic E-state index is 0.0823. The Hall–Kier alpha value is -0.650. The molecule has 4 nitrogen and oxygen atoms in total. The van der Waals surface area contributed by atoms with Crippen LogP contribution in [0.3, 0.4) is 0 Å². The molecule has 0 N–H and O–H groups in total. The van der Waals surface area contributed by atoms with Crippen molar-refractivity contribution in [3.8, 4) is 0 Å². The lowest BCUT2D eigenvalue weighted by Gasteiger charge is -2.26. The Morgan fingerprint density at radius 3 is 2.81 bits per heavy atom. The third-order valence-electron chi connectivity index (χ3n) is 3.51. The lowest BCUT2D eigenvalue weighted by atomic mass is 9.89. The zero-order chi connectivity index (χ0) is 15.6. The fraction of sp³-hybridized carbons (Fsp3) is 0.600. The van der Waals surface area contributed by atoms with Crippen molar-refractivity contribution < 1.29 is 4.74 Å². The standard InChI is InChI=1S/C15H21BrClN3O/c1-10(17)13-19-12-7-11(16)8-18-14(12)20(13)9-15(2,3)5-6-21-4/h7-8,10H,5-6,9H2,1-4H3. The summed E-state index contributed by atoms with van der Waals surface area (Å²) >= 11 is 9.74. The second-order valence-corrected chi connectivity index (χ2v) is 7.65. The molecule has 0 radical (unpaired) electrons. The highest BCUT2D eigenvalue weighted by atomic mass is 79.9. The fourth-order valence-corrected chi connectivity index (χ4v) is 2.83. The van der Waals surface area contributed by atoms with Gasteiger partial charge in [-0.1, -0.05) is 13.8 Å². The minimum atomic E-state index is -0.156. The van der Waals surface area contributed by atoms with Crippen LogP contribution in [-0.4, -0.2) is 28.3 Å². The van der Waals surface area contributed by atoms with Crippen LogP contribution in [0, 0.1) is 5.41 Å². The van der Waals surface area contributed by atoms with Gasteiger partial charge in [0, 0.05) is 30.9 Å². The SMILES string of the molecule is COCCC(C)(C)Cn1c(C(C)Cl)nc2cc(Br)cnc21. The number of hydrogen-bond donors (Lipinski definition) is 0. The zero-order valence-electron chi connectivity index (χ0n) is 12.9. The van der Waals surface area contributed by atoms with Gasteiger partial charge in [-0.3, -0.25) is 0 Å². The molecule has 0 fully saturated rings. The van der Waals surface area contributed by atoms with Crippen molar-refractivity contribution in [3.05, 3.63) is 22.6 Å². The maximum atomic E-state index is 6.31. The van der Waals surface area contributed by atoms with Gasteiger partial charge in [0.25, 0.3) is 0 Å². The Morgan fingerprint density at radius 1 is 1.48 bits per heavy atom. The van der Waals surface area contributed by atoms with Crippen molar-refractivity contribution in [3.63, 3.8) is 0 Å². The summed E-state index contributed by atoms with van der Waals surface area (Å²) in [5, 5.41) is -0.156. The second kappa shape index (κ2) is 6.63. The molecular formula is C15H21BrClN3O. The van der Waals surface area contributed by atoms with Crippen LogP contribution < -0.4 is 0 Å². The van der Waals surface area contributed by atoms with Gasteiger partial charge in [0.15, 0.2) is 5.65 Å². The topological polar surface area (TPSA) is 39.9 Å². The molecule has 1 atom stereocenters. The summed E-state index contributed by atoms with van der Waals surface area (Å²) in [5.74, 6) is 0.864. The normalized spacial score (nSPS) is 13.8. The maximum Gasteiger partial charge on any atom is 0.160 e. The van der Waals surface area contributed by atoms with Crippen LogP contribution in [0.4, 0.5) is 0 Å². The van der Waals surface area contributed by atoms with Gasteiger partial charge >= 0.3 is 0 Å². The average molecular weight is 375 g/mol. The Morgan fingerprint density at radius 2 is 2.19 bits per heavy atom. The summed E-state index contributed by atoms with van der Waals surface area (Å²) < 4.78 is 8.26. The third kappa shape index (κ3) is 3.96. The summed E-state index contributed by atoms with van der Waals surface area (Å²) in [7, 11) is 1.73. The molecule has 0 amide bonds. The number of alkyl halides is 1. The first-order valence-electron chi connectivity index (χ1n) is 6.99. The number of hydrogen-bond acceptors (Lipinski definition) is 3. The molecule has 0 saturated heterocycles. The smallest absolute Gasteiger partial charge is 0.160 e. The highest BCUT2D eigenvalue weighted by Gasteiger charge is 2.24. The van der Waals surface area contributed by atoms with E-state index < -0.39 is 0 Å². The van der Waals surface area contributed by atoms with Gasteiger partial charge in [-0.2, -0.15) is 0 Å². The highest BCUT2D eigenvalue weighted by molar-refractivity contribution is 9.10. The molecule has 2 heterocycles. The van der Waals surface area contributed by atoms with E-state index >= 15 is 0 Å². The minimum Gasteiger partial charge on any atom is -0.385 e. The molecule has 0 aliphatic heterocycles. The van der Waals surface area contributed by atoms with E-state index in [4.69, 9.17) is 16.3 Å². The Kier molecular flexibility index (Phi) is 5.28. The van der Waals surface area contributed by atoms with Crippen molar-refractivity contribution in [1.82, 2.24) is 14.5 Å². The predicted octanol–water partition coefficient (Wildman–Crippen LogP) is 4.56. The average Bonchev–Trinajstić information content (AvgIpc) is 2.74. The first kappa shape index (κ1) is 16.7. The number of rotatable bonds is 6. The molecule has 0 bridgehead atoms.